The van der Waals surface area contributed by atoms with Gasteiger partial charge in [-0.2, -0.15) is 0 Å². The molecule has 0 unspecified atom stereocenters. The number of halogens is 1. The minimum Gasteiger partial charge on any atom is -0.397 e. The number of carbonyl (C=O) groups is 1. The van der Waals surface area contributed by atoms with Crippen molar-refractivity contribution in [3.8, 4) is 0 Å². The number of nitrogens with zero attached hydrogens (tertiary/aromatic N) is 1. The lowest BCUT2D eigenvalue weighted by Crippen LogP contribution is -1.97. The van der Waals surface area contributed by atoms with Crippen LogP contribution in [0.2, 0.25) is 5.02 Å². The first-order valence-electron chi connectivity index (χ1n) is 4.73. The van der Waals surface area contributed by atoms with Crippen LogP contribution in [0.15, 0.2) is 17.1 Å². The van der Waals surface area contributed by atoms with Gasteiger partial charge in [-0.15, -0.1) is 0 Å². The molecule has 0 bridgehead atoms. The minimum atomic E-state index is 0.387. The van der Waals surface area contributed by atoms with Crippen molar-refractivity contribution in [2.75, 3.05) is 12.3 Å². The Hall–Kier alpha value is -1.35. The highest BCUT2D eigenvalue weighted by Gasteiger charge is 2.04. The topological polar surface area (TPSA) is 55.5 Å². The lowest BCUT2D eigenvalue weighted by molar-refractivity contribution is 0.112. The van der Waals surface area contributed by atoms with Gasteiger partial charge in [0.05, 0.1) is 10.7 Å². The summed E-state index contributed by atoms with van der Waals surface area (Å²) in [5, 5.41) is 0.387. The first kappa shape index (κ1) is 11.7. The first-order valence-corrected chi connectivity index (χ1v) is 5.10. The standard InChI is InChI=1S/C11H13ClN2O/c1-2-3-14-6-9-4-8(7-15)5-10(12)11(9)13/h4-7H,2-3,13H2,1H3. The maximum absolute atomic E-state index is 10.6. The summed E-state index contributed by atoms with van der Waals surface area (Å²) in [6.07, 6.45) is 3.36. The zero-order valence-corrected chi connectivity index (χ0v) is 9.29. The molecule has 0 heterocycles. The fourth-order valence-electron chi connectivity index (χ4n) is 1.13. The van der Waals surface area contributed by atoms with Crippen LogP contribution in [0.1, 0.15) is 29.3 Å². The second kappa shape index (κ2) is 5.51. The van der Waals surface area contributed by atoms with Crippen LogP contribution in [0.25, 0.3) is 0 Å². The van der Waals surface area contributed by atoms with Crippen LogP contribution in [0.4, 0.5) is 5.69 Å². The van der Waals surface area contributed by atoms with E-state index in [1.165, 1.54) is 0 Å². The molecule has 1 aromatic carbocycles. The summed E-state index contributed by atoms with van der Waals surface area (Å²) in [6.45, 7) is 2.78. The van der Waals surface area contributed by atoms with E-state index in [1.54, 1.807) is 18.3 Å². The molecular weight excluding hydrogens is 212 g/mol. The molecule has 1 aromatic rings. The third-order valence-corrected chi connectivity index (χ3v) is 2.22. The molecule has 0 aliphatic carbocycles. The Morgan fingerprint density at radius 1 is 1.53 bits per heavy atom. The normalized spacial score (nSPS) is 10.8. The van der Waals surface area contributed by atoms with E-state index in [0.717, 1.165) is 19.3 Å². The van der Waals surface area contributed by atoms with Crippen LogP contribution in [-0.4, -0.2) is 19.0 Å². The van der Waals surface area contributed by atoms with Gasteiger partial charge in [-0.1, -0.05) is 18.5 Å². The molecule has 0 radical (unpaired) electrons. The molecule has 0 aromatic heterocycles. The summed E-state index contributed by atoms with van der Waals surface area (Å²) in [6, 6.07) is 3.22. The summed E-state index contributed by atoms with van der Waals surface area (Å²) in [4.78, 5) is 14.8. The van der Waals surface area contributed by atoms with E-state index in [4.69, 9.17) is 17.3 Å². The van der Waals surface area contributed by atoms with Crippen LogP contribution < -0.4 is 5.73 Å². The van der Waals surface area contributed by atoms with E-state index in [0.29, 0.717) is 21.8 Å². The first-order chi connectivity index (χ1) is 7.19. The fraction of sp³-hybridized carbons (Fsp3) is 0.273. The van der Waals surface area contributed by atoms with Gasteiger partial charge in [-0.05, 0) is 18.6 Å². The van der Waals surface area contributed by atoms with Crippen molar-refractivity contribution < 1.29 is 4.79 Å². The average molecular weight is 225 g/mol. The highest BCUT2D eigenvalue weighted by Crippen LogP contribution is 2.23. The van der Waals surface area contributed by atoms with E-state index in [2.05, 4.69) is 4.99 Å². The summed E-state index contributed by atoms with van der Waals surface area (Å²) in [5.41, 5.74) is 7.41. The summed E-state index contributed by atoms with van der Waals surface area (Å²) < 4.78 is 0. The molecule has 0 aliphatic rings. The molecule has 0 amide bonds. The second-order valence-electron chi connectivity index (χ2n) is 3.16. The van der Waals surface area contributed by atoms with Crippen molar-refractivity contribution in [2.24, 2.45) is 4.99 Å². The summed E-state index contributed by atoms with van der Waals surface area (Å²) in [7, 11) is 0. The van der Waals surface area contributed by atoms with Crippen molar-refractivity contribution in [3.63, 3.8) is 0 Å². The van der Waals surface area contributed by atoms with Gasteiger partial charge in [0.2, 0.25) is 0 Å². The van der Waals surface area contributed by atoms with Gasteiger partial charge in [0.1, 0.15) is 6.29 Å². The van der Waals surface area contributed by atoms with Gasteiger partial charge in [-0.3, -0.25) is 9.79 Å². The lowest BCUT2D eigenvalue weighted by atomic mass is 10.1. The largest absolute Gasteiger partial charge is 0.397 e. The predicted molar refractivity (Wildman–Crippen MR) is 64.0 cm³/mol. The van der Waals surface area contributed by atoms with Gasteiger partial charge in [0.25, 0.3) is 0 Å². The van der Waals surface area contributed by atoms with Gasteiger partial charge < -0.3 is 5.73 Å². The van der Waals surface area contributed by atoms with E-state index in [1.807, 2.05) is 6.92 Å². The number of hydrogen-bond donors (Lipinski definition) is 1. The van der Waals surface area contributed by atoms with E-state index in [-0.39, 0.29) is 0 Å². The van der Waals surface area contributed by atoms with E-state index < -0.39 is 0 Å². The SMILES string of the molecule is CCCN=Cc1cc(C=O)cc(Cl)c1N. The molecule has 0 atom stereocenters. The van der Waals surface area contributed by atoms with E-state index in [9.17, 15) is 4.79 Å². The number of rotatable bonds is 4. The maximum atomic E-state index is 10.6. The van der Waals surface area contributed by atoms with Crippen molar-refractivity contribution in [2.45, 2.75) is 13.3 Å². The molecule has 15 heavy (non-hydrogen) atoms. The Morgan fingerprint density at radius 2 is 2.27 bits per heavy atom. The molecular formula is C11H13ClN2O. The molecule has 80 valence electrons. The van der Waals surface area contributed by atoms with E-state index >= 15 is 0 Å². The predicted octanol–water partition coefficient (Wildman–Crippen LogP) is 2.56. The number of nitrogen functional groups attached to an aromatic ring is 1. The van der Waals surface area contributed by atoms with Crippen LogP contribution in [0.3, 0.4) is 0 Å². The van der Waals surface area contributed by atoms with Crippen molar-refractivity contribution >= 4 is 29.8 Å². The Morgan fingerprint density at radius 3 is 2.87 bits per heavy atom. The highest BCUT2D eigenvalue weighted by atomic mass is 35.5. The van der Waals surface area contributed by atoms with Crippen molar-refractivity contribution in [3.05, 3.63) is 28.3 Å². The summed E-state index contributed by atoms with van der Waals surface area (Å²) >= 11 is 5.86. The van der Waals surface area contributed by atoms with Gasteiger partial charge in [0.15, 0.2) is 0 Å². The highest BCUT2D eigenvalue weighted by molar-refractivity contribution is 6.34. The summed E-state index contributed by atoms with van der Waals surface area (Å²) in [5.74, 6) is 0. The molecule has 1 rings (SSSR count). The molecule has 0 fully saturated rings. The van der Waals surface area contributed by atoms with Crippen LogP contribution in [0, 0.1) is 0 Å². The Labute approximate surface area is 94.0 Å². The van der Waals surface area contributed by atoms with Crippen LogP contribution >= 0.6 is 11.6 Å². The monoisotopic (exact) mass is 224 g/mol. The molecule has 0 saturated heterocycles. The second-order valence-corrected chi connectivity index (χ2v) is 3.57. The Balaban J connectivity index is 3.04. The lowest BCUT2D eigenvalue weighted by Gasteiger charge is -2.03. The third-order valence-electron chi connectivity index (χ3n) is 1.90. The van der Waals surface area contributed by atoms with Gasteiger partial charge in [-0.25, -0.2) is 0 Å². The third kappa shape index (κ3) is 3.06. The number of carbonyl (C=O) groups excluding carboxylic acids is 1. The molecule has 0 saturated carbocycles. The number of hydrogen-bond acceptors (Lipinski definition) is 3. The molecule has 4 heteroatoms. The maximum Gasteiger partial charge on any atom is 0.150 e. The van der Waals surface area contributed by atoms with Crippen molar-refractivity contribution in [1.29, 1.82) is 0 Å². The zero-order valence-electron chi connectivity index (χ0n) is 8.53. The average Bonchev–Trinajstić information content (AvgIpc) is 2.24. The smallest absolute Gasteiger partial charge is 0.150 e. The zero-order chi connectivity index (χ0) is 11.3. The number of nitrogens with two attached hydrogens (primary N) is 1. The number of anilines is 1. The van der Waals surface area contributed by atoms with Gasteiger partial charge >= 0.3 is 0 Å². The van der Waals surface area contributed by atoms with Crippen molar-refractivity contribution in [1.82, 2.24) is 0 Å². The van der Waals surface area contributed by atoms with Crippen LogP contribution in [-0.2, 0) is 0 Å². The van der Waals surface area contributed by atoms with Gasteiger partial charge in [0, 0.05) is 23.9 Å². The molecule has 0 spiro atoms. The molecule has 0 aliphatic heterocycles. The van der Waals surface area contributed by atoms with Crippen LogP contribution in [0.5, 0.6) is 0 Å². The number of benzene rings is 1. The fourth-order valence-corrected chi connectivity index (χ4v) is 1.36. The quantitative estimate of drug-likeness (QED) is 0.486. The Kier molecular flexibility index (Phi) is 4.31. The molecule has 2 N–H and O–H groups in total. The molecule has 3 nitrogen and oxygen atoms in total. The minimum absolute atomic E-state index is 0.387. The number of aliphatic imine (C=N–C) groups is 1. The number of aldehydes is 1. The Bertz CT molecular complexity index is 388.